The maximum Gasteiger partial charge on any atom is 0.508 e. The summed E-state index contributed by atoms with van der Waals surface area (Å²) >= 11 is 0. The van der Waals surface area contributed by atoms with Gasteiger partial charge in [0.05, 0.1) is 18.7 Å². The van der Waals surface area contributed by atoms with Crippen LogP contribution in [0, 0.1) is 11.3 Å². The van der Waals surface area contributed by atoms with Crippen molar-refractivity contribution in [2.45, 2.75) is 45.1 Å². The summed E-state index contributed by atoms with van der Waals surface area (Å²) in [5, 5.41) is 9.15. The molecule has 0 spiro atoms. The smallest absolute Gasteiger partial charge is 0.438 e. The first-order chi connectivity index (χ1) is 9.72. The minimum absolute atomic E-state index is 0.421. The molecule has 4 heteroatoms. The molecule has 0 aliphatic heterocycles. The average Bonchev–Trinajstić information content (AvgIpc) is 2.50. The molecule has 0 amide bonds. The summed E-state index contributed by atoms with van der Waals surface area (Å²) in [6, 6.07) is 9.34. The maximum absolute atomic E-state index is 11.4. The molecule has 0 bridgehead atoms. The Balaban J connectivity index is 2.80. The molecule has 0 aliphatic rings. The Bertz CT molecular complexity index is 465. The number of carbonyl (C=O) groups excluding carboxylic acids is 1. The molecular formula is C16H21NO3. The van der Waals surface area contributed by atoms with Gasteiger partial charge in [-0.3, -0.25) is 0 Å². The molecule has 4 nitrogen and oxygen atoms in total. The van der Waals surface area contributed by atoms with Gasteiger partial charge in [-0.15, -0.1) is 0 Å². The van der Waals surface area contributed by atoms with Crippen molar-refractivity contribution in [1.29, 1.82) is 5.26 Å². The van der Waals surface area contributed by atoms with Gasteiger partial charge in [0.25, 0.3) is 0 Å². The van der Waals surface area contributed by atoms with Crippen molar-refractivity contribution in [3.05, 3.63) is 35.4 Å². The van der Waals surface area contributed by atoms with Crippen LogP contribution < -0.4 is 0 Å². The van der Waals surface area contributed by atoms with Gasteiger partial charge in [0.1, 0.15) is 6.10 Å². The molecule has 0 fully saturated rings. The number of benzene rings is 1. The number of methoxy groups -OCH3 is 1. The van der Waals surface area contributed by atoms with Crippen molar-refractivity contribution in [2.24, 2.45) is 0 Å². The third kappa shape index (κ3) is 4.93. The van der Waals surface area contributed by atoms with E-state index >= 15 is 0 Å². The van der Waals surface area contributed by atoms with Gasteiger partial charge in [0, 0.05) is 5.56 Å². The Morgan fingerprint density at radius 2 is 2.05 bits per heavy atom. The van der Waals surface area contributed by atoms with E-state index in [4.69, 9.17) is 10.00 Å². The molecule has 0 radical (unpaired) electrons. The summed E-state index contributed by atoms with van der Waals surface area (Å²) in [7, 11) is 1.28. The van der Waals surface area contributed by atoms with Gasteiger partial charge in [-0.25, -0.2) is 4.79 Å². The fourth-order valence-corrected chi connectivity index (χ4v) is 2.08. The van der Waals surface area contributed by atoms with Gasteiger partial charge in [0.15, 0.2) is 0 Å². The van der Waals surface area contributed by atoms with E-state index in [0.29, 0.717) is 12.0 Å². The van der Waals surface area contributed by atoms with E-state index in [0.717, 1.165) is 31.2 Å². The highest BCUT2D eigenvalue weighted by Gasteiger charge is 2.19. The molecule has 0 aromatic heterocycles. The topological polar surface area (TPSA) is 59.3 Å². The average molecular weight is 275 g/mol. The number of rotatable bonds is 7. The first-order valence-electron chi connectivity index (χ1n) is 6.96. The van der Waals surface area contributed by atoms with Crippen molar-refractivity contribution in [1.82, 2.24) is 0 Å². The van der Waals surface area contributed by atoms with Crippen LogP contribution in [0.4, 0.5) is 4.79 Å². The standard InChI is InChI=1S/C16H21NO3/c1-3-4-5-6-11-15(20-16(18)19-2)14-10-8-7-9-13(14)12-17/h7-10,15H,3-6,11H2,1-2H3. The normalized spacial score (nSPS) is 11.4. The van der Waals surface area contributed by atoms with Crippen molar-refractivity contribution in [2.75, 3.05) is 7.11 Å². The maximum atomic E-state index is 11.4. The van der Waals surface area contributed by atoms with Crippen molar-refractivity contribution < 1.29 is 14.3 Å². The molecule has 0 heterocycles. The number of nitriles is 1. The predicted octanol–water partition coefficient (Wildman–Crippen LogP) is 4.35. The van der Waals surface area contributed by atoms with Gasteiger partial charge in [-0.05, 0) is 18.9 Å². The van der Waals surface area contributed by atoms with Crippen LogP contribution in [0.5, 0.6) is 0 Å². The first-order valence-corrected chi connectivity index (χ1v) is 6.96. The molecule has 1 unspecified atom stereocenters. The lowest BCUT2D eigenvalue weighted by molar-refractivity contribution is 0.0320. The van der Waals surface area contributed by atoms with E-state index in [2.05, 4.69) is 17.7 Å². The van der Waals surface area contributed by atoms with Gasteiger partial charge >= 0.3 is 6.16 Å². The Morgan fingerprint density at radius 3 is 2.70 bits per heavy atom. The van der Waals surface area contributed by atoms with E-state index in [1.165, 1.54) is 7.11 Å². The Labute approximate surface area is 120 Å². The van der Waals surface area contributed by atoms with Gasteiger partial charge in [0.2, 0.25) is 0 Å². The lowest BCUT2D eigenvalue weighted by Crippen LogP contribution is -2.12. The molecule has 0 N–H and O–H groups in total. The molecule has 108 valence electrons. The zero-order valence-corrected chi connectivity index (χ0v) is 12.1. The zero-order chi connectivity index (χ0) is 14.8. The third-order valence-electron chi connectivity index (χ3n) is 3.15. The van der Waals surface area contributed by atoms with Crippen LogP contribution in [0.3, 0.4) is 0 Å². The third-order valence-corrected chi connectivity index (χ3v) is 3.15. The fraction of sp³-hybridized carbons (Fsp3) is 0.500. The predicted molar refractivity (Wildman–Crippen MR) is 76.1 cm³/mol. The number of hydrogen-bond donors (Lipinski definition) is 0. The summed E-state index contributed by atoms with van der Waals surface area (Å²) in [6.07, 6.45) is 3.92. The Hall–Kier alpha value is -2.02. The lowest BCUT2D eigenvalue weighted by Gasteiger charge is -2.18. The van der Waals surface area contributed by atoms with Crippen LogP contribution in [-0.2, 0) is 9.47 Å². The molecule has 20 heavy (non-hydrogen) atoms. The molecule has 1 atom stereocenters. The Morgan fingerprint density at radius 1 is 1.30 bits per heavy atom. The van der Waals surface area contributed by atoms with Crippen LogP contribution >= 0.6 is 0 Å². The number of nitrogens with zero attached hydrogens (tertiary/aromatic N) is 1. The monoisotopic (exact) mass is 275 g/mol. The summed E-state index contributed by atoms with van der Waals surface area (Å²) < 4.78 is 9.86. The van der Waals surface area contributed by atoms with E-state index in [1.807, 2.05) is 12.1 Å². The minimum atomic E-state index is -0.710. The fourth-order valence-electron chi connectivity index (χ4n) is 2.08. The summed E-state index contributed by atoms with van der Waals surface area (Å²) in [6.45, 7) is 2.15. The van der Waals surface area contributed by atoms with Gasteiger partial charge in [-0.1, -0.05) is 44.4 Å². The molecule has 0 aliphatic carbocycles. The zero-order valence-electron chi connectivity index (χ0n) is 12.1. The number of carbonyl (C=O) groups is 1. The second-order valence-corrected chi connectivity index (χ2v) is 4.61. The second-order valence-electron chi connectivity index (χ2n) is 4.61. The molecule has 0 saturated heterocycles. The quantitative estimate of drug-likeness (QED) is 0.548. The summed E-state index contributed by atoms with van der Waals surface area (Å²) in [5.74, 6) is 0. The van der Waals surface area contributed by atoms with Gasteiger partial charge in [-0.2, -0.15) is 5.26 Å². The molecule has 1 aromatic rings. The minimum Gasteiger partial charge on any atom is -0.438 e. The van der Waals surface area contributed by atoms with Gasteiger partial charge < -0.3 is 9.47 Å². The van der Waals surface area contributed by atoms with Crippen LogP contribution in [-0.4, -0.2) is 13.3 Å². The second kappa shape index (κ2) is 8.98. The molecule has 1 aromatic carbocycles. The van der Waals surface area contributed by atoms with E-state index in [1.54, 1.807) is 12.1 Å². The van der Waals surface area contributed by atoms with E-state index in [9.17, 15) is 4.79 Å². The number of ether oxygens (including phenoxy) is 2. The van der Waals surface area contributed by atoms with Crippen LogP contribution in [0.15, 0.2) is 24.3 Å². The number of unbranched alkanes of at least 4 members (excludes halogenated alkanes) is 3. The van der Waals surface area contributed by atoms with E-state index < -0.39 is 12.3 Å². The largest absolute Gasteiger partial charge is 0.508 e. The summed E-state index contributed by atoms with van der Waals surface area (Å²) in [5.41, 5.74) is 1.29. The number of hydrogen-bond acceptors (Lipinski definition) is 4. The van der Waals surface area contributed by atoms with Crippen molar-refractivity contribution >= 4 is 6.16 Å². The van der Waals surface area contributed by atoms with E-state index in [-0.39, 0.29) is 0 Å². The molecule has 0 saturated carbocycles. The highest BCUT2D eigenvalue weighted by atomic mass is 16.7. The highest BCUT2D eigenvalue weighted by molar-refractivity contribution is 5.60. The summed E-state index contributed by atoms with van der Waals surface area (Å²) in [4.78, 5) is 11.4. The van der Waals surface area contributed by atoms with Crippen molar-refractivity contribution in [3.63, 3.8) is 0 Å². The van der Waals surface area contributed by atoms with Crippen molar-refractivity contribution in [3.8, 4) is 6.07 Å². The highest BCUT2D eigenvalue weighted by Crippen LogP contribution is 2.27. The Kier molecular flexibility index (Phi) is 7.20. The van der Waals surface area contributed by atoms with Crippen LogP contribution in [0.2, 0.25) is 0 Å². The lowest BCUT2D eigenvalue weighted by atomic mass is 9.98. The van der Waals surface area contributed by atoms with Crippen LogP contribution in [0.1, 0.15) is 56.3 Å². The molecule has 1 rings (SSSR count). The van der Waals surface area contributed by atoms with Crippen LogP contribution in [0.25, 0.3) is 0 Å². The first kappa shape index (κ1) is 16.0. The molecular weight excluding hydrogens is 254 g/mol. The SMILES string of the molecule is CCCCCCC(OC(=O)OC)c1ccccc1C#N.